The molecule has 3 aliphatic rings. The Morgan fingerprint density at radius 1 is 0.667 bits per heavy atom. The zero-order chi connectivity index (χ0) is 14.1. The highest BCUT2D eigenvalue weighted by molar-refractivity contribution is 5.73. The second-order valence-corrected chi connectivity index (χ2v) is 5.78. The molecule has 0 saturated heterocycles. The van der Waals surface area contributed by atoms with Crippen LogP contribution in [0.3, 0.4) is 0 Å². The Labute approximate surface area is 125 Å². The molecule has 102 valence electrons. The molecule has 0 atom stereocenters. The van der Waals surface area contributed by atoms with Crippen LogP contribution < -0.4 is 10.4 Å². The highest BCUT2D eigenvalue weighted by Crippen LogP contribution is 2.20. The van der Waals surface area contributed by atoms with Gasteiger partial charge < -0.3 is 0 Å². The Morgan fingerprint density at radius 3 is 1.71 bits per heavy atom. The van der Waals surface area contributed by atoms with E-state index in [1.54, 1.807) is 11.1 Å². The van der Waals surface area contributed by atoms with Gasteiger partial charge in [0.2, 0.25) is 0 Å². The van der Waals surface area contributed by atoms with Crippen molar-refractivity contribution in [1.29, 1.82) is 0 Å². The van der Waals surface area contributed by atoms with Gasteiger partial charge in [0.1, 0.15) is 0 Å². The van der Waals surface area contributed by atoms with E-state index in [2.05, 4.69) is 72.9 Å². The van der Waals surface area contributed by atoms with Crippen molar-refractivity contribution in [2.75, 3.05) is 0 Å². The summed E-state index contributed by atoms with van der Waals surface area (Å²) < 4.78 is 0. The van der Waals surface area contributed by atoms with Crippen LogP contribution in [0.4, 0.5) is 0 Å². The number of rotatable bonds is 0. The number of benzene rings is 2. The Balaban J connectivity index is 0.000000115. The van der Waals surface area contributed by atoms with Crippen molar-refractivity contribution < 1.29 is 0 Å². The third kappa shape index (κ3) is 2.38. The zero-order valence-electron chi connectivity index (χ0n) is 12.0. The van der Waals surface area contributed by atoms with Gasteiger partial charge in [-0.1, -0.05) is 60.7 Å². The lowest BCUT2D eigenvalue weighted by molar-refractivity contribution is 0.912. The van der Waals surface area contributed by atoms with E-state index < -0.39 is 0 Å². The first kappa shape index (κ1) is 12.4. The van der Waals surface area contributed by atoms with Gasteiger partial charge in [0.25, 0.3) is 0 Å². The standard InChI is InChI=1S/C12H8.C9H10/c1-3-9-7-11-5-2-6-12(11)8-10(9)4-1;1-2-5-9-7-3-6-8(9)4-1/h1-8H;1-2,4-5H,3,6-7H2. The summed E-state index contributed by atoms with van der Waals surface area (Å²) in [7, 11) is 0. The van der Waals surface area contributed by atoms with Crippen molar-refractivity contribution >= 4 is 24.3 Å². The molecule has 0 heteroatoms. The number of hydrogen-bond acceptors (Lipinski definition) is 0. The summed E-state index contributed by atoms with van der Waals surface area (Å²) in [5.74, 6) is 0. The van der Waals surface area contributed by atoms with E-state index in [1.165, 1.54) is 40.8 Å². The minimum absolute atomic E-state index is 1.30. The summed E-state index contributed by atoms with van der Waals surface area (Å²) in [4.78, 5) is 0. The number of allylic oxidation sites excluding steroid dienone is 2. The minimum Gasteiger partial charge on any atom is -0.0620 e. The number of aryl methyl sites for hydroxylation is 2. The molecule has 21 heavy (non-hydrogen) atoms. The topological polar surface area (TPSA) is 0 Å². The van der Waals surface area contributed by atoms with Gasteiger partial charge in [-0.2, -0.15) is 0 Å². The van der Waals surface area contributed by atoms with Gasteiger partial charge in [-0.25, -0.2) is 0 Å². The van der Waals surface area contributed by atoms with Gasteiger partial charge in [-0.3, -0.25) is 0 Å². The fourth-order valence-electron chi connectivity index (χ4n) is 3.27. The van der Waals surface area contributed by atoms with Crippen LogP contribution in [0.15, 0.2) is 48.6 Å². The summed E-state index contributed by atoms with van der Waals surface area (Å²) in [5, 5.41) is 2.68. The van der Waals surface area contributed by atoms with Crippen LogP contribution in [0.1, 0.15) is 28.7 Å². The van der Waals surface area contributed by atoms with Gasteiger partial charge in [0.05, 0.1) is 0 Å². The monoisotopic (exact) mass is 270 g/mol. The van der Waals surface area contributed by atoms with Gasteiger partial charge in [-0.15, -0.1) is 0 Å². The molecule has 0 nitrogen and oxygen atoms in total. The average Bonchev–Trinajstić information content (AvgIpc) is 3.24. The molecule has 2 aromatic carbocycles. The second-order valence-electron chi connectivity index (χ2n) is 5.78. The Kier molecular flexibility index (Phi) is 3.08. The van der Waals surface area contributed by atoms with Crippen molar-refractivity contribution in [2.24, 2.45) is 0 Å². The van der Waals surface area contributed by atoms with E-state index in [0.29, 0.717) is 0 Å². The smallest absolute Gasteiger partial charge is 0.0178 e. The van der Waals surface area contributed by atoms with Crippen molar-refractivity contribution in [3.05, 3.63) is 81.2 Å². The molecule has 2 aromatic rings. The molecule has 0 aromatic heterocycles. The molecule has 0 fully saturated rings. The van der Waals surface area contributed by atoms with E-state index >= 15 is 0 Å². The molecule has 0 aliphatic heterocycles. The summed E-state index contributed by atoms with van der Waals surface area (Å²) in [6, 6.07) is 13.2. The first-order chi connectivity index (χ1) is 10.4. The van der Waals surface area contributed by atoms with Crippen LogP contribution in [0, 0.1) is 0 Å². The van der Waals surface area contributed by atoms with Crippen molar-refractivity contribution in [3.8, 4) is 0 Å². The van der Waals surface area contributed by atoms with Crippen molar-refractivity contribution in [2.45, 2.75) is 19.3 Å². The molecule has 0 N–H and O–H groups in total. The summed E-state index contributed by atoms with van der Waals surface area (Å²) in [6.07, 6.45) is 16.8. The van der Waals surface area contributed by atoms with Gasteiger partial charge in [-0.05, 0) is 64.1 Å². The normalized spacial score (nSPS) is 15.4. The predicted octanol–water partition coefficient (Wildman–Crippen LogP) is 3.48. The molecule has 0 amide bonds. The third-order valence-corrected chi connectivity index (χ3v) is 4.40. The summed E-state index contributed by atoms with van der Waals surface area (Å²) >= 11 is 0. The maximum absolute atomic E-state index is 2.24. The number of hydrogen-bond donors (Lipinski definition) is 0. The maximum atomic E-state index is 2.24. The third-order valence-electron chi connectivity index (χ3n) is 4.40. The summed E-state index contributed by atoms with van der Waals surface area (Å²) in [6.45, 7) is 0. The van der Waals surface area contributed by atoms with Crippen LogP contribution in [0.25, 0.3) is 24.3 Å². The van der Waals surface area contributed by atoms with Gasteiger partial charge >= 0.3 is 0 Å². The van der Waals surface area contributed by atoms with Crippen molar-refractivity contribution in [3.63, 3.8) is 0 Å². The Bertz CT molecular complexity index is 791. The van der Waals surface area contributed by atoms with Gasteiger partial charge in [0.15, 0.2) is 0 Å². The molecule has 0 unspecified atom stereocenters. The lowest BCUT2D eigenvalue weighted by Crippen LogP contribution is -2.12. The fraction of sp³-hybridized carbons (Fsp3) is 0.143. The quantitative estimate of drug-likeness (QED) is 0.687. The molecule has 0 saturated carbocycles. The SMILES string of the molecule is C1=Cc2cc3c(cc2=C1)C=CC=3.c1ccc2c(c1)CCC2. The zero-order valence-corrected chi connectivity index (χ0v) is 12.0. The van der Waals surface area contributed by atoms with Crippen LogP contribution in [-0.2, 0) is 12.8 Å². The van der Waals surface area contributed by atoms with Crippen molar-refractivity contribution in [1.82, 2.24) is 0 Å². The average molecular weight is 270 g/mol. The Hall–Kier alpha value is -2.34. The molecule has 0 radical (unpaired) electrons. The van der Waals surface area contributed by atoms with E-state index in [1.807, 2.05) is 0 Å². The van der Waals surface area contributed by atoms with E-state index in [0.717, 1.165) is 0 Å². The largest absolute Gasteiger partial charge is 0.0620 e. The van der Waals surface area contributed by atoms with Crippen LogP contribution in [0.5, 0.6) is 0 Å². The molecule has 3 aliphatic carbocycles. The van der Waals surface area contributed by atoms with E-state index in [4.69, 9.17) is 0 Å². The molecule has 0 heterocycles. The molecule has 0 bridgehead atoms. The maximum Gasteiger partial charge on any atom is -0.0178 e. The van der Waals surface area contributed by atoms with Crippen LogP contribution in [-0.4, -0.2) is 0 Å². The van der Waals surface area contributed by atoms with E-state index in [-0.39, 0.29) is 0 Å². The summed E-state index contributed by atoms with van der Waals surface area (Å²) in [5.41, 5.74) is 5.82. The lowest BCUT2D eigenvalue weighted by Gasteiger charge is -1.94. The molecular weight excluding hydrogens is 252 g/mol. The molecule has 0 spiro atoms. The number of fused-ring (bicyclic) bond motifs is 3. The minimum atomic E-state index is 1.30. The van der Waals surface area contributed by atoms with Gasteiger partial charge in [0, 0.05) is 0 Å². The first-order valence-corrected chi connectivity index (χ1v) is 7.68. The second kappa shape index (κ2) is 5.21. The molecule has 5 rings (SSSR count). The predicted molar refractivity (Wildman–Crippen MR) is 91.2 cm³/mol. The van der Waals surface area contributed by atoms with Crippen LogP contribution >= 0.6 is 0 Å². The lowest BCUT2D eigenvalue weighted by atomic mass is 10.1. The first-order valence-electron chi connectivity index (χ1n) is 7.68. The Morgan fingerprint density at radius 2 is 1.19 bits per heavy atom. The van der Waals surface area contributed by atoms with E-state index in [9.17, 15) is 0 Å². The molecular formula is C21H18. The van der Waals surface area contributed by atoms with Crippen LogP contribution in [0.2, 0.25) is 0 Å². The fourth-order valence-corrected chi connectivity index (χ4v) is 3.27. The highest BCUT2D eigenvalue weighted by Gasteiger charge is 2.07. The highest BCUT2D eigenvalue weighted by atomic mass is 14.1.